The average molecular weight is 745 g/mol. The summed E-state index contributed by atoms with van der Waals surface area (Å²) in [5.74, 6) is 0.717. The van der Waals surface area contributed by atoms with Crippen LogP contribution in [0, 0.1) is 5.92 Å². The van der Waals surface area contributed by atoms with Crippen molar-refractivity contribution in [2.24, 2.45) is 5.92 Å². The number of benzene rings is 2. The monoisotopic (exact) mass is 745 g/mol. The first-order chi connectivity index (χ1) is 26.4. The van der Waals surface area contributed by atoms with Crippen molar-refractivity contribution in [3.8, 4) is 11.1 Å². The maximum absolute atomic E-state index is 12.9. The summed E-state index contributed by atoms with van der Waals surface area (Å²) in [7, 11) is 0. The van der Waals surface area contributed by atoms with E-state index in [0.717, 1.165) is 37.7 Å². The zero-order chi connectivity index (χ0) is 38.9. The van der Waals surface area contributed by atoms with Gasteiger partial charge in [-0.3, -0.25) is 9.59 Å². The molecule has 4 heteroatoms. The predicted octanol–water partition coefficient (Wildman–Crippen LogP) is 14.6. The van der Waals surface area contributed by atoms with Gasteiger partial charge in [-0.15, -0.1) is 0 Å². The molecule has 0 unspecified atom stereocenters. The molecule has 0 aliphatic carbocycles. The first-order valence-corrected chi connectivity index (χ1v) is 23.2. The van der Waals surface area contributed by atoms with Crippen LogP contribution in [-0.4, -0.2) is 17.9 Å². The topological polar surface area (TPSA) is 58.2 Å². The van der Waals surface area contributed by atoms with E-state index >= 15 is 0 Å². The zero-order valence-electron chi connectivity index (χ0n) is 35.8. The minimum atomic E-state index is 0.125. The molecule has 2 amide bonds. The van der Waals surface area contributed by atoms with E-state index in [0.29, 0.717) is 25.3 Å². The van der Waals surface area contributed by atoms with Gasteiger partial charge >= 0.3 is 0 Å². The molecule has 0 aliphatic rings. The molecule has 54 heavy (non-hydrogen) atoms. The van der Waals surface area contributed by atoms with Gasteiger partial charge in [-0.2, -0.15) is 0 Å². The minimum Gasteiger partial charge on any atom is -0.353 e. The highest BCUT2D eigenvalue weighted by Gasteiger charge is 2.17. The van der Waals surface area contributed by atoms with Crippen LogP contribution in [0.4, 0.5) is 0 Å². The molecule has 0 aromatic heterocycles. The smallest absolute Gasteiger partial charge is 0.220 e. The summed E-state index contributed by atoms with van der Waals surface area (Å²) in [4.78, 5) is 25.3. The van der Waals surface area contributed by atoms with Gasteiger partial charge in [0.05, 0.1) is 0 Å². The van der Waals surface area contributed by atoms with E-state index in [1.165, 1.54) is 158 Å². The quantitative estimate of drug-likeness (QED) is 0.0691. The average Bonchev–Trinajstić information content (AvgIpc) is 3.17. The molecule has 0 saturated carbocycles. The lowest BCUT2D eigenvalue weighted by Crippen LogP contribution is -2.40. The Labute approximate surface area is 334 Å². The first kappa shape index (κ1) is 47.5. The normalized spacial score (nSPS) is 11.9. The molecule has 0 fully saturated rings. The van der Waals surface area contributed by atoms with Crippen molar-refractivity contribution in [1.29, 1.82) is 0 Å². The largest absolute Gasteiger partial charge is 0.353 e. The Bertz CT molecular complexity index is 1190. The Balaban J connectivity index is 1.60. The van der Waals surface area contributed by atoms with Crippen LogP contribution in [0.2, 0.25) is 0 Å². The van der Waals surface area contributed by atoms with E-state index in [9.17, 15) is 9.59 Å². The molecular weight excluding hydrogens is 661 g/mol. The SMILES string of the molecule is CCCCCCCCCCCCCCCC(=O)NCc1ccc(-c2cccc(C[C@H](NC(=O)CCCCCCCCCCCCCCC)C(C)C)c2)cc1. The van der Waals surface area contributed by atoms with E-state index in [-0.39, 0.29) is 17.9 Å². The van der Waals surface area contributed by atoms with Crippen LogP contribution in [0.15, 0.2) is 48.5 Å². The fraction of sp³-hybridized carbons (Fsp3) is 0.720. The van der Waals surface area contributed by atoms with Crippen molar-refractivity contribution in [2.75, 3.05) is 0 Å². The van der Waals surface area contributed by atoms with Crippen molar-refractivity contribution >= 4 is 11.8 Å². The van der Waals surface area contributed by atoms with Crippen molar-refractivity contribution in [2.45, 2.75) is 226 Å². The molecule has 1 atom stereocenters. The van der Waals surface area contributed by atoms with Crippen molar-refractivity contribution in [3.63, 3.8) is 0 Å². The van der Waals surface area contributed by atoms with E-state index in [2.05, 4.69) is 86.9 Å². The number of carbonyl (C=O) groups excluding carboxylic acids is 2. The third-order valence-electron chi connectivity index (χ3n) is 11.3. The first-order valence-electron chi connectivity index (χ1n) is 23.2. The highest BCUT2D eigenvalue weighted by Crippen LogP contribution is 2.23. The van der Waals surface area contributed by atoms with Crippen LogP contribution in [0.25, 0.3) is 11.1 Å². The fourth-order valence-electron chi connectivity index (χ4n) is 7.57. The number of hydrogen-bond donors (Lipinski definition) is 2. The second kappa shape index (κ2) is 32.6. The van der Waals surface area contributed by atoms with E-state index < -0.39 is 0 Å². The van der Waals surface area contributed by atoms with Crippen LogP contribution in [0.3, 0.4) is 0 Å². The number of rotatable bonds is 35. The number of carbonyl (C=O) groups is 2. The summed E-state index contributed by atoms with van der Waals surface area (Å²) >= 11 is 0. The van der Waals surface area contributed by atoms with E-state index in [1.807, 2.05) is 0 Å². The minimum absolute atomic E-state index is 0.125. The molecule has 0 spiro atoms. The maximum atomic E-state index is 12.9. The molecule has 2 aromatic rings. The lowest BCUT2D eigenvalue weighted by Gasteiger charge is -2.23. The lowest BCUT2D eigenvalue weighted by atomic mass is 9.94. The van der Waals surface area contributed by atoms with Gasteiger partial charge in [-0.1, -0.05) is 230 Å². The summed E-state index contributed by atoms with van der Waals surface area (Å²) in [5.41, 5.74) is 4.73. The zero-order valence-corrected chi connectivity index (χ0v) is 35.8. The fourth-order valence-corrected chi connectivity index (χ4v) is 7.57. The molecule has 306 valence electrons. The third-order valence-corrected chi connectivity index (χ3v) is 11.3. The van der Waals surface area contributed by atoms with Gasteiger partial charge in [0.1, 0.15) is 0 Å². The molecule has 4 nitrogen and oxygen atoms in total. The summed E-state index contributed by atoms with van der Waals surface area (Å²) in [5, 5.41) is 6.48. The van der Waals surface area contributed by atoms with Gasteiger partial charge in [-0.25, -0.2) is 0 Å². The summed E-state index contributed by atoms with van der Waals surface area (Å²) in [6, 6.07) is 17.4. The van der Waals surface area contributed by atoms with Gasteiger partial charge in [0.2, 0.25) is 11.8 Å². The Morgan fingerprint density at radius 3 is 1.35 bits per heavy atom. The third kappa shape index (κ3) is 24.7. The summed E-state index contributed by atoms with van der Waals surface area (Å²) < 4.78 is 0. The molecule has 0 bridgehead atoms. The van der Waals surface area contributed by atoms with Gasteiger partial charge in [-0.05, 0) is 47.4 Å². The number of nitrogens with one attached hydrogen (secondary N) is 2. The second-order valence-electron chi connectivity index (χ2n) is 16.8. The van der Waals surface area contributed by atoms with Crippen molar-refractivity contribution in [3.05, 3.63) is 59.7 Å². The van der Waals surface area contributed by atoms with Gasteiger partial charge < -0.3 is 10.6 Å². The second-order valence-corrected chi connectivity index (χ2v) is 16.8. The highest BCUT2D eigenvalue weighted by atomic mass is 16.2. The van der Waals surface area contributed by atoms with Gasteiger partial charge in [0.25, 0.3) is 0 Å². The van der Waals surface area contributed by atoms with E-state index in [4.69, 9.17) is 0 Å². The van der Waals surface area contributed by atoms with Crippen molar-refractivity contribution in [1.82, 2.24) is 10.6 Å². The van der Waals surface area contributed by atoms with E-state index in [1.54, 1.807) is 0 Å². The Hall–Kier alpha value is -2.62. The summed E-state index contributed by atoms with van der Waals surface area (Å²) in [6.45, 7) is 9.55. The molecule has 2 aromatic carbocycles. The predicted molar refractivity (Wildman–Crippen MR) is 235 cm³/mol. The van der Waals surface area contributed by atoms with Crippen molar-refractivity contribution < 1.29 is 9.59 Å². The van der Waals surface area contributed by atoms with Crippen LogP contribution in [-0.2, 0) is 22.6 Å². The highest BCUT2D eigenvalue weighted by molar-refractivity contribution is 5.76. The molecule has 2 rings (SSSR count). The summed E-state index contributed by atoms with van der Waals surface area (Å²) in [6.07, 6.45) is 36.4. The Kier molecular flexibility index (Phi) is 28.7. The Morgan fingerprint density at radius 1 is 0.481 bits per heavy atom. The van der Waals surface area contributed by atoms with Crippen LogP contribution < -0.4 is 10.6 Å². The Morgan fingerprint density at radius 2 is 0.907 bits per heavy atom. The number of hydrogen-bond acceptors (Lipinski definition) is 2. The van der Waals surface area contributed by atoms with Gasteiger partial charge in [0, 0.05) is 25.4 Å². The number of unbranched alkanes of at least 4 members (excludes halogenated alkanes) is 24. The molecular formula is C50H84N2O2. The van der Waals surface area contributed by atoms with Crippen LogP contribution >= 0.6 is 0 Å². The van der Waals surface area contributed by atoms with Crippen LogP contribution in [0.1, 0.15) is 219 Å². The maximum Gasteiger partial charge on any atom is 0.220 e. The standard InChI is InChI=1S/C50H84N2O2/c1-5-7-9-11-13-15-17-19-21-23-25-27-29-34-49(53)51-42-44-36-38-46(39-37-44)47-33-31-32-45(40-47)41-48(43(3)4)52-50(54)35-30-28-26-24-22-20-18-16-14-12-10-8-6-2/h31-33,36-40,43,48H,5-30,34-35,41-42H2,1-4H3,(H,51,53)(H,52,54)/t48-/m0/s1. The number of amides is 2. The lowest BCUT2D eigenvalue weighted by molar-refractivity contribution is -0.122. The molecule has 0 radical (unpaired) electrons. The molecule has 2 N–H and O–H groups in total. The molecule has 0 saturated heterocycles. The molecule has 0 aliphatic heterocycles. The molecule has 0 heterocycles. The van der Waals surface area contributed by atoms with Gasteiger partial charge in [0.15, 0.2) is 0 Å². The van der Waals surface area contributed by atoms with Crippen LogP contribution in [0.5, 0.6) is 0 Å².